The van der Waals surface area contributed by atoms with Crippen LogP contribution in [0.25, 0.3) is 0 Å². The third-order valence-electron chi connectivity index (χ3n) is 3.78. The number of hydrogen-bond acceptors (Lipinski definition) is 3. The Hall–Kier alpha value is -2.04. The quantitative estimate of drug-likeness (QED) is 0.851. The van der Waals surface area contributed by atoms with Crippen molar-refractivity contribution in [3.05, 3.63) is 29.8 Å². The number of rotatable bonds is 2. The van der Waals surface area contributed by atoms with Crippen molar-refractivity contribution in [3.8, 4) is 5.75 Å². The van der Waals surface area contributed by atoms with Gasteiger partial charge in [0, 0.05) is 18.7 Å². The summed E-state index contributed by atoms with van der Waals surface area (Å²) >= 11 is 0. The predicted octanol–water partition coefficient (Wildman–Crippen LogP) is 1.72. The number of aromatic hydroxyl groups is 1. The lowest BCUT2D eigenvalue weighted by molar-refractivity contribution is -0.150. The van der Waals surface area contributed by atoms with Crippen molar-refractivity contribution in [2.75, 3.05) is 13.1 Å². The van der Waals surface area contributed by atoms with Crippen LogP contribution < -0.4 is 0 Å². The molecular formula is C14H17NO4. The standard InChI is InChI=1S/C14H17NO4/c1-14(13(18)19)6-8-15(9-7-14)12(17)10-2-4-11(16)5-3-10/h2-5,16H,6-9H2,1H3,(H,18,19). The molecular weight excluding hydrogens is 246 g/mol. The SMILES string of the molecule is CC1(C(=O)O)CCN(C(=O)c2ccc(O)cc2)CC1. The first-order valence-corrected chi connectivity index (χ1v) is 6.24. The molecule has 102 valence electrons. The molecule has 1 aromatic rings. The summed E-state index contributed by atoms with van der Waals surface area (Å²) in [5, 5.41) is 18.3. The maximum atomic E-state index is 12.2. The summed E-state index contributed by atoms with van der Waals surface area (Å²) in [4.78, 5) is 25.0. The third-order valence-corrected chi connectivity index (χ3v) is 3.78. The van der Waals surface area contributed by atoms with Gasteiger partial charge in [0.05, 0.1) is 5.41 Å². The summed E-state index contributed by atoms with van der Waals surface area (Å²) in [7, 11) is 0. The number of hydrogen-bond donors (Lipinski definition) is 2. The Morgan fingerprint density at radius 3 is 2.16 bits per heavy atom. The molecule has 0 unspecified atom stereocenters. The Morgan fingerprint density at radius 2 is 1.68 bits per heavy atom. The van der Waals surface area contributed by atoms with Crippen LogP contribution in [0, 0.1) is 5.41 Å². The van der Waals surface area contributed by atoms with E-state index in [1.807, 2.05) is 0 Å². The Bertz CT molecular complexity index is 487. The van der Waals surface area contributed by atoms with Gasteiger partial charge in [0.15, 0.2) is 0 Å². The summed E-state index contributed by atoms with van der Waals surface area (Å²) in [6.07, 6.45) is 0.929. The molecule has 0 saturated carbocycles. The van der Waals surface area contributed by atoms with Crippen LogP contribution in [0.5, 0.6) is 5.75 Å². The van der Waals surface area contributed by atoms with Gasteiger partial charge in [0.25, 0.3) is 5.91 Å². The molecule has 0 spiro atoms. The molecule has 1 amide bonds. The third kappa shape index (κ3) is 2.70. The number of benzene rings is 1. The average molecular weight is 263 g/mol. The normalized spacial score (nSPS) is 18.1. The Kier molecular flexibility index (Phi) is 3.46. The molecule has 0 aromatic heterocycles. The van der Waals surface area contributed by atoms with Crippen molar-refractivity contribution in [2.24, 2.45) is 5.41 Å². The summed E-state index contributed by atoms with van der Waals surface area (Å²) in [5.41, 5.74) is -0.220. The molecule has 1 fully saturated rings. The Morgan fingerprint density at radius 1 is 1.16 bits per heavy atom. The van der Waals surface area contributed by atoms with E-state index in [-0.39, 0.29) is 11.7 Å². The molecule has 1 saturated heterocycles. The zero-order chi connectivity index (χ0) is 14.0. The summed E-state index contributed by atoms with van der Waals surface area (Å²) < 4.78 is 0. The van der Waals surface area contributed by atoms with E-state index in [0.717, 1.165) is 0 Å². The summed E-state index contributed by atoms with van der Waals surface area (Å²) in [5.74, 6) is -0.801. The lowest BCUT2D eigenvalue weighted by Gasteiger charge is -2.36. The average Bonchev–Trinajstić information content (AvgIpc) is 2.39. The van der Waals surface area contributed by atoms with Gasteiger partial charge in [-0.25, -0.2) is 0 Å². The number of carbonyl (C=O) groups is 2. The highest BCUT2D eigenvalue weighted by atomic mass is 16.4. The Labute approximate surface area is 111 Å². The highest BCUT2D eigenvalue weighted by molar-refractivity contribution is 5.94. The Balaban J connectivity index is 2.04. The number of piperidine rings is 1. The van der Waals surface area contributed by atoms with Crippen LogP contribution in [0.3, 0.4) is 0 Å². The summed E-state index contributed by atoms with van der Waals surface area (Å²) in [6, 6.07) is 6.09. The second-order valence-electron chi connectivity index (χ2n) is 5.20. The van der Waals surface area contributed by atoms with Crippen molar-refractivity contribution in [1.82, 2.24) is 4.90 Å². The number of likely N-dealkylation sites (tertiary alicyclic amines) is 1. The number of aliphatic carboxylic acids is 1. The molecule has 1 heterocycles. The van der Waals surface area contributed by atoms with Gasteiger partial charge >= 0.3 is 5.97 Å². The minimum absolute atomic E-state index is 0.118. The van der Waals surface area contributed by atoms with E-state index >= 15 is 0 Å². The molecule has 1 aliphatic rings. The molecule has 2 N–H and O–H groups in total. The first-order chi connectivity index (χ1) is 8.92. The van der Waals surface area contributed by atoms with Crippen molar-refractivity contribution in [1.29, 1.82) is 0 Å². The molecule has 2 rings (SSSR count). The number of carbonyl (C=O) groups excluding carboxylic acids is 1. The summed E-state index contributed by atoms with van der Waals surface area (Å²) in [6.45, 7) is 2.61. The van der Waals surface area contributed by atoms with Crippen molar-refractivity contribution < 1.29 is 19.8 Å². The molecule has 5 nitrogen and oxygen atoms in total. The van der Waals surface area contributed by atoms with Gasteiger partial charge in [-0.15, -0.1) is 0 Å². The molecule has 1 aliphatic heterocycles. The number of amides is 1. The molecule has 0 radical (unpaired) electrons. The van der Waals surface area contributed by atoms with E-state index in [1.165, 1.54) is 12.1 Å². The lowest BCUT2D eigenvalue weighted by Crippen LogP contribution is -2.45. The predicted molar refractivity (Wildman–Crippen MR) is 69.0 cm³/mol. The number of phenols is 1. The maximum Gasteiger partial charge on any atom is 0.309 e. The van der Waals surface area contributed by atoms with Crippen molar-refractivity contribution in [3.63, 3.8) is 0 Å². The smallest absolute Gasteiger partial charge is 0.309 e. The number of carboxylic acid groups (broad SMARTS) is 1. The van der Waals surface area contributed by atoms with Crippen LogP contribution >= 0.6 is 0 Å². The second kappa shape index (κ2) is 4.91. The lowest BCUT2D eigenvalue weighted by atomic mass is 9.80. The van der Waals surface area contributed by atoms with Gasteiger partial charge < -0.3 is 15.1 Å². The highest BCUT2D eigenvalue weighted by Crippen LogP contribution is 2.31. The molecule has 19 heavy (non-hydrogen) atoms. The van der Waals surface area contributed by atoms with Crippen molar-refractivity contribution >= 4 is 11.9 Å². The van der Waals surface area contributed by atoms with Gasteiger partial charge in [-0.05, 0) is 44.0 Å². The minimum atomic E-state index is -0.802. The van der Waals surface area contributed by atoms with Gasteiger partial charge in [-0.1, -0.05) is 0 Å². The van der Waals surface area contributed by atoms with E-state index in [9.17, 15) is 14.7 Å². The van der Waals surface area contributed by atoms with E-state index in [0.29, 0.717) is 31.5 Å². The fourth-order valence-electron chi connectivity index (χ4n) is 2.20. The second-order valence-corrected chi connectivity index (χ2v) is 5.20. The fourth-order valence-corrected chi connectivity index (χ4v) is 2.20. The van der Waals surface area contributed by atoms with Crippen LogP contribution in [0.2, 0.25) is 0 Å². The largest absolute Gasteiger partial charge is 0.508 e. The molecule has 5 heteroatoms. The van der Waals surface area contributed by atoms with E-state index in [1.54, 1.807) is 24.0 Å². The maximum absolute atomic E-state index is 12.2. The van der Waals surface area contributed by atoms with E-state index in [4.69, 9.17) is 5.11 Å². The first kappa shape index (κ1) is 13.4. The van der Waals surface area contributed by atoms with Crippen LogP contribution in [0.1, 0.15) is 30.1 Å². The first-order valence-electron chi connectivity index (χ1n) is 6.24. The van der Waals surface area contributed by atoms with Gasteiger partial charge in [-0.2, -0.15) is 0 Å². The molecule has 0 atom stereocenters. The van der Waals surface area contributed by atoms with Crippen LogP contribution in [-0.2, 0) is 4.79 Å². The van der Waals surface area contributed by atoms with E-state index < -0.39 is 11.4 Å². The number of nitrogens with zero attached hydrogens (tertiary/aromatic N) is 1. The van der Waals surface area contributed by atoms with Crippen molar-refractivity contribution in [2.45, 2.75) is 19.8 Å². The fraction of sp³-hybridized carbons (Fsp3) is 0.429. The van der Waals surface area contributed by atoms with Crippen LogP contribution in [0.15, 0.2) is 24.3 Å². The number of carboxylic acids is 1. The van der Waals surface area contributed by atoms with Gasteiger partial charge in [0.2, 0.25) is 0 Å². The topological polar surface area (TPSA) is 77.8 Å². The van der Waals surface area contributed by atoms with E-state index in [2.05, 4.69) is 0 Å². The highest BCUT2D eigenvalue weighted by Gasteiger charge is 2.38. The monoisotopic (exact) mass is 263 g/mol. The minimum Gasteiger partial charge on any atom is -0.508 e. The molecule has 0 aliphatic carbocycles. The zero-order valence-corrected chi connectivity index (χ0v) is 10.8. The number of phenolic OH excluding ortho intramolecular Hbond substituents is 1. The zero-order valence-electron chi connectivity index (χ0n) is 10.8. The van der Waals surface area contributed by atoms with Crippen LogP contribution in [-0.4, -0.2) is 40.1 Å². The van der Waals surface area contributed by atoms with Gasteiger partial charge in [0.1, 0.15) is 5.75 Å². The molecule has 0 bridgehead atoms. The van der Waals surface area contributed by atoms with Crippen LogP contribution in [0.4, 0.5) is 0 Å². The molecule has 1 aromatic carbocycles. The van der Waals surface area contributed by atoms with Gasteiger partial charge in [-0.3, -0.25) is 9.59 Å².